The summed E-state index contributed by atoms with van der Waals surface area (Å²) in [4.78, 5) is 0. The van der Waals surface area contributed by atoms with Crippen LogP contribution in [0.3, 0.4) is 0 Å². The zero-order valence-electron chi connectivity index (χ0n) is 15.2. The molecule has 0 atom stereocenters. The van der Waals surface area contributed by atoms with Crippen molar-refractivity contribution >= 4 is 36.6 Å². The van der Waals surface area contributed by atoms with Crippen LogP contribution in [0.15, 0.2) is 125 Å². The Morgan fingerprint density at radius 1 is 0.407 bits per heavy atom. The molecule has 0 aliphatic heterocycles. The van der Waals surface area contributed by atoms with Gasteiger partial charge >= 0.3 is 167 Å². The molecule has 0 aliphatic rings. The molecule has 27 heavy (non-hydrogen) atoms. The van der Waals surface area contributed by atoms with E-state index in [9.17, 15) is 0 Å². The van der Waals surface area contributed by atoms with Crippen molar-refractivity contribution in [3.63, 3.8) is 0 Å². The Morgan fingerprint density at radius 3 is 1.11 bits per heavy atom. The molecule has 0 heterocycles. The Balaban J connectivity index is 1.99. The first kappa shape index (κ1) is 17.9. The van der Waals surface area contributed by atoms with E-state index in [0.29, 0.717) is 0 Å². The number of hydrogen-bond acceptors (Lipinski definition) is 0. The van der Waals surface area contributed by atoms with Gasteiger partial charge < -0.3 is 0 Å². The van der Waals surface area contributed by atoms with Gasteiger partial charge in [0.25, 0.3) is 0 Å². The molecule has 0 saturated carbocycles. The molecule has 0 aromatic heterocycles. The molecule has 0 fully saturated rings. The summed E-state index contributed by atoms with van der Waals surface area (Å²) >= 11 is -3.45. The minimum atomic E-state index is -3.45. The van der Waals surface area contributed by atoms with Gasteiger partial charge in [0.1, 0.15) is 0 Å². The molecule has 0 bridgehead atoms. The molecule has 1 heteroatoms. The van der Waals surface area contributed by atoms with E-state index >= 15 is 0 Å². The van der Waals surface area contributed by atoms with Gasteiger partial charge in [0.2, 0.25) is 0 Å². The molecule has 0 amide bonds. The zero-order valence-corrected chi connectivity index (χ0v) is 19.1. The van der Waals surface area contributed by atoms with Crippen LogP contribution in [0, 0.1) is 0 Å². The van der Waals surface area contributed by atoms with Crippen LogP contribution in [-0.4, -0.2) is 21.2 Å². The van der Waals surface area contributed by atoms with Gasteiger partial charge in [-0.25, -0.2) is 0 Å². The first-order valence-electron chi connectivity index (χ1n) is 9.30. The molecule has 0 saturated heterocycles. The van der Waals surface area contributed by atoms with E-state index in [1.165, 1.54) is 14.9 Å². The van der Waals surface area contributed by atoms with E-state index in [2.05, 4.69) is 131 Å². The Labute approximate surface area is 166 Å². The summed E-state index contributed by atoms with van der Waals surface area (Å²) in [5.74, 6) is 0. The quantitative estimate of drug-likeness (QED) is 0.329. The first-order valence-corrected chi connectivity index (χ1v) is 17.4. The molecule has 4 aromatic rings. The third-order valence-electron chi connectivity index (χ3n) is 5.01. The normalized spacial score (nSPS) is 11.6. The van der Waals surface area contributed by atoms with Gasteiger partial charge in [0.15, 0.2) is 0 Å². The molecule has 130 valence electrons. The van der Waals surface area contributed by atoms with E-state index in [0.717, 1.165) is 0 Å². The van der Waals surface area contributed by atoms with Gasteiger partial charge in [-0.1, -0.05) is 0 Å². The molecular weight excluding hydrogens is 519 g/mol. The fraction of sp³-hybridized carbons (Fsp3) is 0. The SMILES string of the molecule is C(=[CH][Pb]([c]1ccccc1)([c]1ccccc1)[c]1ccccc1)c1ccccc1. The van der Waals surface area contributed by atoms with Crippen molar-refractivity contribution in [1.29, 1.82) is 0 Å². The summed E-state index contributed by atoms with van der Waals surface area (Å²) in [5.41, 5.74) is 1.25. The summed E-state index contributed by atoms with van der Waals surface area (Å²) in [5, 5.41) is 0. The Kier molecular flexibility index (Phi) is 5.64. The molecule has 0 aliphatic carbocycles. The van der Waals surface area contributed by atoms with Crippen LogP contribution in [0.25, 0.3) is 6.08 Å². The topological polar surface area (TPSA) is 0 Å². The van der Waals surface area contributed by atoms with Crippen LogP contribution < -0.4 is 9.37 Å². The standard InChI is InChI=1S/C8H7.3C6H5.Pb/c1-2-8-6-4-3-5-7-8;3*1-2-4-6-5-3-1;/h1-7H;3*1-5H;. The van der Waals surface area contributed by atoms with Crippen molar-refractivity contribution < 1.29 is 0 Å². The molecule has 0 radical (unpaired) electrons. The monoisotopic (exact) mass is 542 g/mol. The summed E-state index contributed by atoms with van der Waals surface area (Å²) in [6, 6.07) is 43.9. The molecule has 0 spiro atoms. The van der Waals surface area contributed by atoms with Crippen LogP contribution >= 0.6 is 0 Å². The fourth-order valence-electron chi connectivity index (χ4n) is 3.68. The number of benzene rings is 4. The Morgan fingerprint density at radius 2 is 0.741 bits per heavy atom. The molecule has 0 N–H and O–H groups in total. The second kappa shape index (κ2) is 8.49. The van der Waals surface area contributed by atoms with Crippen molar-refractivity contribution in [2.45, 2.75) is 0 Å². The maximum atomic E-state index is 2.56. The second-order valence-electron chi connectivity index (χ2n) is 6.65. The van der Waals surface area contributed by atoms with Gasteiger partial charge in [-0.15, -0.1) is 0 Å². The van der Waals surface area contributed by atoms with Crippen LogP contribution in [0.1, 0.15) is 5.56 Å². The Bertz CT molecular complexity index is 894. The van der Waals surface area contributed by atoms with Crippen molar-refractivity contribution in [2.75, 3.05) is 0 Å². The van der Waals surface area contributed by atoms with Gasteiger partial charge in [0.05, 0.1) is 0 Å². The van der Waals surface area contributed by atoms with Crippen molar-refractivity contribution in [3.05, 3.63) is 131 Å². The van der Waals surface area contributed by atoms with Crippen LogP contribution in [0.4, 0.5) is 0 Å². The van der Waals surface area contributed by atoms with E-state index in [1.54, 1.807) is 0 Å². The first-order chi connectivity index (χ1) is 13.4. The molecule has 4 rings (SSSR count). The van der Waals surface area contributed by atoms with E-state index < -0.39 is 21.2 Å². The van der Waals surface area contributed by atoms with E-state index in [1.807, 2.05) is 0 Å². The predicted octanol–water partition coefficient (Wildman–Crippen LogP) is 4.41. The van der Waals surface area contributed by atoms with Crippen molar-refractivity contribution in [3.8, 4) is 0 Å². The molecular formula is C26H22Pb. The second-order valence-corrected chi connectivity index (χ2v) is 21.0. The third-order valence-corrected chi connectivity index (χ3v) is 22.1. The zero-order chi connectivity index (χ0) is 18.4. The van der Waals surface area contributed by atoms with Gasteiger partial charge in [-0.2, -0.15) is 0 Å². The van der Waals surface area contributed by atoms with Crippen molar-refractivity contribution in [1.82, 2.24) is 0 Å². The van der Waals surface area contributed by atoms with Gasteiger partial charge in [-0.05, 0) is 0 Å². The van der Waals surface area contributed by atoms with Gasteiger partial charge in [0, 0.05) is 0 Å². The molecule has 4 aromatic carbocycles. The molecule has 0 nitrogen and oxygen atoms in total. The predicted molar refractivity (Wildman–Crippen MR) is 119 cm³/mol. The van der Waals surface area contributed by atoms with E-state index in [4.69, 9.17) is 0 Å². The van der Waals surface area contributed by atoms with E-state index in [-0.39, 0.29) is 0 Å². The number of hydrogen-bond donors (Lipinski definition) is 0. The average Bonchev–Trinajstić information content (AvgIpc) is 2.77. The summed E-state index contributed by atoms with van der Waals surface area (Å²) in [6.45, 7) is 0. The van der Waals surface area contributed by atoms with Crippen molar-refractivity contribution in [2.24, 2.45) is 0 Å². The maximum absolute atomic E-state index is 3.45. The summed E-state index contributed by atoms with van der Waals surface area (Å²) in [7, 11) is 0. The van der Waals surface area contributed by atoms with Gasteiger partial charge in [-0.3, -0.25) is 0 Å². The van der Waals surface area contributed by atoms with Crippen LogP contribution in [0.2, 0.25) is 0 Å². The summed E-state index contributed by atoms with van der Waals surface area (Å²) < 4.78 is 7.00. The minimum absolute atomic E-state index is 1.25. The fourth-order valence-corrected chi connectivity index (χ4v) is 19.9. The van der Waals surface area contributed by atoms with Crippen LogP contribution in [0.5, 0.6) is 0 Å². The Hall–Kier alpha value is -2.46. The molecule has 0 unspecified atom stereocenters. The van der Waals surface area contributed by atoms with Crippen LogP contribution in [-0.2, 0) is 0 Å². The third kappa shape index (κ3) is 3.81. The number of rotatable bonds is 5. The average molecular weight is 542 g/mol. The summed E-state index contributed by atoms with van der Waals surface area (Å²) in [6.07, 6.45) is 2.33.